The van der Waals surface area contributed by atoms with Crippen molar-refractivity contribution in [2.75, 3.05) is 12.0 Å². The summed E-state index contributed by atoms with van der Waals surface area (Å²) in [4.78, 5) is 16.8. The number of nitrogens with zero attached hydrogens (tertiary/aromatic N) is 3. The lowest BCUT2D eigenvalue weighted by Gasteiger charge is -2.26. The van der Waals surface area contributed by atoms with Crippen LogP contribution in [0.5, 0.6) is 5.75 Å². The van der Waals surface area contributed by atoms with Gasteiger partial charge in [-0.3, -0.25) is 15.1 Å². The highest BCUT2D eigenvalue weighted by Crippen LogP contribution is 2.44. The Morgan fingerprint density at radius 3 is 2.66 bits per heavy atom. The zero-order chi connectivity index (χ0) is 24.5. The summed E-state index contributed by atoms with van der Waals surface area (Å²) in [6.07, 6.45) is 1.68. The fourth-order valence-corrected chi connectivity index (χ4v) is 4.54. The molecule has 0 radical (unpaired) electrons. The number of ether oxygens (including phenoxy) is 1. The van der Waals surface area contributed by atoms with Gasteiger partial charge < -0.3 is 19.4 Å². The van der Waals surface area contributed by atoms with Crippen molar-refractivity contribution >= 4 is 28.7 Å². The van der Waals surface area contributed by atoms with Crippen LogP contribution in [0.1, 0.15) is 23.5 Å². The van der Waals surface area contributed by atoms with Gasteiger partial charge in [0.15, 0.2) is 5.11 Å². The first-order valence-corrected chi connectivity index (χ1v) is 11.1. The van der Waals surface area contributed by atoms with Crippen molar-refractivity contribution in [1.29, 1.82) is 0 Å². The zero-order valence-corrected chi connectivity index (χ0v) is 19.2. The van der Waals surface area contributed by atoms with Crippen molar-refractivity contribution in [1.82, 2.24) is 10.3 Å². The Kier molecular flexibility index (Phi) is 5.87. The second-order valence-electron chi connectivity index (χ2n) is 7.79. The molecule has 0 unspecified atom stereocenters. The summed E-state index contributed by atoms with van der Waals surface area (Å²) >= 11 is 5.61. The van der Waals surface area contributed by atoms with Crippen LogP contribution in [0, 0.1) is 15.9 Å². The molecule has 2 atom stereocenters. The number of nitro benzene ring substituents is 1. The second-order valence-corrected chi connectivity index (χ2v) is 8.18. The summed E-state index contributed by atoms with van der Waals surface area (Å²) in [5.74, 6) is 0.823. The first kappa shape index (κ1) is 22.5. The molecular formula is C25H19FN4O4S. The number of para-hydroxylation sites is 1. The van der Waals surface area contributed by atoms with Crippen molar-refractivity contribution in [3.63, 3.8) is 0 Å². The zero-order valence-electron chi connectivity index (χ0n) is 18.4. The van der Waals surface area contributed by atoms with Crippen LogP contribution in [-0.2, 0) is 0 Å². The highest BCUT2D eigenvalue weighted by atomic mass is 32.1. The van der Waals surface area contributed by atoms with E-state index in [0.29, 0.717) is 39.3 Å². The van der Waals surface area contributed by atoms with Crippen molar-refractivity contribution < 1.29 is 18.5 Å². The minimum atomic E-state index is -0.549. The normalized spacial score (nSPS) is 17.3. The van der Waals surface area contributed by atoms with Crippen molar-refractivity contribution in [3.05, 3.63) is 106 Å². The molecule has 1 aliphatic heterocycles. The summed E-state index contributed by atoms with van der Waals surface area (Å²) in [5, 5.41) is 14.7. The molecule has 2 aromatic heterocycles. The van der Waals surface area contributed by atoms with Crippen LogP contribution in [0.25, 0.3) is 11.3 Å². The largest absolute Gasteiger partial charge is 0.496 e. The lowest BCUT2D eigenvalue weighted by atomic mass is 10.0. The van der Waals surface area contributed by atoms with E-state index >= 15 is 0 Å². The van der Waals surface area contributed by atoms with Crippen LogP contribution in [0.2, 0.25) is 0 Å². The molecule has 4 aromatic rings. The quantitative estimate of drug-likeness (QED) is 0.213. The number of hydrogen-bond donors (Lipinski definition) is 1. The predicted molar refractivity (Wildman–Crippen MR) is 132 cm³/mol. The van der Waals surface area contributed by atoms with E-state index in [4.69, 9.17) is 21.4 Å². The summed E-state index contributed by atoms with van der Waals surface area (Å²) < 4.78 is 26.5. The molecule has 176 valence electrons. The molecule has 0 amide bonds. The van der Waals surface area contributed by atoms with Crippen molar-refractivity contribution in [3.8, 4) is 17.1 Å². The molecular weight excluding hydrogens is 471 g/mol. The molecule has 1 fully saturated rings. The molecule has 1 aliphatic rings. The van der Waals surface area contributed by atoms with E-state index in [-0.39, 0.29) is 5.69 Å². The Morgan fingerprint density at radius 2 is 1.94 bits per heavy atom. The van der Waals surface area contributed by atoms with Gasteiger partial charge in [-0.05, 0) is 54.7 Å². The van der Waals surface area contributed by atoms with E-state index in [0.717, 1.165) is 0 Å². The summed E-state index contributed by atoms with van der Waals surface area (Å²) in [7, 11) is 1.43. The number of hydrogen-bond acceptors (Lipinski definition) is 6. The van der Waals surface area contributed by atoms with Gasteiger partial charge >= 0.3 is 0 Å². The molecule has 0 spiro atoms. The first-order valence-electron chi connectivity index (χ1n) is 10.7. The third-order valence-electron chi connectivity index (χ3n) is 5.79. The molecule has 8 nitrogen and oxygen atoms in total. The Labute approximate surface area is 205 Å². The number of nitro groups is 1. The minimum absolute atomic E-state index is 0.0938. The smallest absolute Gasteiger partial charge is 0.273 e. The molecule has 1 saturated heterocycles. The SMILES string of the molecule is COc1cc([N+](=O)[O-])ccc1-c1ccc([C@H]2[C@H](c3ccccn3)NC(=S)N2c2ccccc2F)o1. The number of pyridine rings is 1. The van der Waals surface area contributed by atoms with Gasteiger partial charge in [0.2, 0.25) is 0 Å². The van der Waals surface area contributed by atoms with E-state index in [1.165, 1.54) is 25.3 Å². The minimum Gasteiger partial charge on any atom is -0.496 e. The van der Waals surface area contributed by atoms with Gasteiger partial charge in [-0.2, -0.15) is 0 Å². The fourth-order valence-electron chi connectivity index (χ4n) is 4.20. The second kappa shape index (κ2) is 9.15. The molecule has 3 heterocycles. The molecule has 0 saturated carbocycles. The Balaban J connectivity index is 1.61. The molecule has 2 aromatic carbocycles. The molecule has 10 heteroatoms. The number of rotatable bonds is 6. The maximum absolute atomic E-state index is 14.9. The number of non-ortho nitro benzene ring substituents is 1. The van der Waals surface area contributed by atoms with Gasteiger partial charge in [-0.25, -0.2) is 4.39 Å². The van der Waals surface area contributed by atoms with Gasteiger partial charge in [-0.1, -0.05) is 18.2 Å². The Hall–Kier alpha value is -4.31. The number of thiocarbonyl (C=S) groups is 1. The number of aromatic nitrogens is 1. The van der Waals surface area contributed by atoms with Crippen LogP contribution in [-0.4, -0.2) is 22.1 Å². The maximum Gasteiger partial charge on any atom is 0.273 e. The maximum atomic E-state index is 14.9. The van der Waals surface area contributed by atoms with Gasteiger partial charge in [-0.15, -0.1) is 0 Å². The van der Waals surface area contributed by atoms with Crippen molar-refractivity contribution in [2.24, 2.45) is 0 Å². The molecule has 0 bridgehead atoms. The highest BCUT2D eigenvalue weighted by molar-refractivity contribution is 7.80. The first-order chi connectivity index (χ1) is 17.0. The third-order valence-corrected chi connectivity index (χ3v) is 6.10. The number of nitrogens with one attached hydrogen (secondary N) is 1. The topological polar surface area (TPSA) is 93.7 Å². The van der Waals surface area contributed by atoms with E-state index in [2.05, 4.69) is 10.3 Å². The van der Waals surface area contributed by atoms with Crippen LogP contribution in [0.4, 0.5) is 15.8 Å². The molecule has 1 N–H and O–H groups in total. The summed E-state index contributed by atoms with van der Waals surface area (Å²) in [6, 6.07) is 18.8. The standard InChI is InChI=1S/C25H19FN4O4S/c1-33-22-14-15(30(31)32)9-10-16(22)20-11-12-21(34-20)24-23(18-7-4-5-13-27-18)28-25(35)29(24)19-8-3-2-6-17(19)26/h2-14,23-24H,1H3,(H,28,35)/t23-,24-/m0/s1. The number of halogens is 1. The van der Waals surface area contributed by atoms with E-state index in [9.17, 15) is 14.5 Å². The monoisotopic (exact) mass is 490 g/mol. The number of anilines is 1. The average molecular weight is 491 g/mol. The van der Waals surface area contributed by atoms with Crippen LogP contribution < -0.4 is 15.0 Å². The van der Waals surface area contributed by atoms with Gasteiger partial charge in [0, 0.05) is 12.3 Å². The molecule has 0 aliphatic carbocycles. The fraction of sp³-hybridized carbons (Fsp3) is 0.120. The van der Waals surface area contributed by atoms with E-state index < -0.39 is 22.8 Å². The van der Waals surface area contributed by atoms with Gasteiger partial charge in [0.25, 0.3) is 5.69 Å². The van der Waals surface area contributed by atoms with Crippen LogP contribution in [0.3, 0.4) is 0 Å². The van der Waals surface area contributed by atoms with Gasteiger partial charge in [0.1, 0.15) is 29.1 Å². The Bertz CT molecular complexity index is 1410. The molecule has 5 rings (SSSR count). The van der Waals surface area contributed by atoms with E-state index in [1.807, 2.05) is 18.2 Å². The number of benzene rings is 2. The third kappa shape index (κ3) is 4.08. The Morgan fingerprint density at radius 1 is 1.14 bits per heavy atom. The summed E-state index contributed by atoms with van der Waals surface area (Å²) in [6.45, 7) is 0. The van der Waals surface area contributed by atoms with E-state index in [1.54, 1.807) is 47.5 Å². The average Bonchev–Trinajstić information content (AvgIpc) is 3.49. The number of methoxy groups -OCH3 is 1. The van der Waals surface area contributed by atoms with Crippen LogP contribution in [0.15, 0.2) is 83.4 Å². The number of furan rings is 1. The molecule has 35 heavy (non-hydrogen) atoms. The lowest BCUT2D eigenvalue weighted by Crippen LogP contribution is -2.30. The highest BCUT2D eigenvalue weighted by Gasteiger charge is 2.43. The van der Waals surface area contributed by atoms with Gasteiger partial charge in [0.05, 0.1) is 41.1 Å². The predicted octanol–water partition coefficient (Wildman–Crippen LogP) is 5.57. The summed E-state index contributed by atoms with van der Waals surface area (Å²) in [5.41, 5.74) is 1.47. The lowest BCUT2D eigenvalue weighted by molar-refractivity contribution is -0.384. The van der Waals surface area contributed by atoms with Crippen LogP contribution >= 0.6 is 12.2 Å². The van der Waals surface area contributed by atoms with Crippen molar-refractivity contribution in [2.45, 2.75) is 12.1 Å².